The Bertz CT molecular complexity index is 764. The molecule has 4 N–H and O–H groups in total. The molecule has 0 bridgehead atoms. The van der Waals surface area contributed by atoms with Crippen LogP contribution in [0.3, 0.4) is 0 Å². The summed E-state index contributed by atoms with van der Waals surface area (Å²) in [6, 6.07) is 19.1. The van der Waals surface area contributed by atoms with Crippen molar-refractivity contribution in [2.75, 3.05) is 20.8 Å². The molecule has 6 heteroatoms. The first-order chi connectivity index (χ1) is 15.7. The van der Waals surface area contributed by atoms with Gasteiger partial charge in [0.25, 0.3) is 0 Å². The molecule has 0 aliphatic heterocycles. The van der Waals surface area contributed by atoms with E-state index in [1.54, 1.807) is 7.05 Å². The normalized spacial score (nSPS) is 12.4. The molecule has 0 heterocycles. The molecule has 184 valence electrons. The summed E-state index contributed by atoms with van der Waals surface area (Å²) in [7, 11) is 2.79. The third-order valence-corrected chi connectivity index (χ3v) is 5.58. The molecule has 0 fully saturated rings. The number of nitrogens with one attached hydrogen (secondary N) is 1. The van der Waals surface area contributed by atoms with Gasteiger partial charge in [-0.3, -0.25) is 4.79 Å². The topological polar surface area (TPSA) is 102 Å². The van der Waals surface area contributed by atoms with Gasteiger partial charge in [-0.2, -0.15) is 0 Å². The van der Waals surface area contributed by atoms with Gasteiger partial charge in [0, 0.05) is 12.5 Å². The number of carbonyl (C=O) groups excluding carboxylic acids is 2. The van der Waals surface area contributed by atoms with Gasteiger partial charge < -0.3 is 25.7 Å². The van der Waals surface area contributed by atoms with Crippen molar-refractivity contribution in [3.8, 4) is 0 Å². The van der Waals surface area contributed by atoms with E-state index in [0.717, 1.165) is 25.4 Å². The molecule has 2 aromatic rings. The van der Waals surface area contributed by atoms with E-state index in [0.29, 0.717) is 18.9 Å². The third-order valence-electron chi connectivity index (χ3n) is 5.58. The predicted octanol–water partition coefficient (Wildman–Crippen LogP) is 3.41. The Balaban J connectivity index is 0.000000627. The number of esters is 1. The second-order valence-corrected chi connectivity index (χ2v) is 8.77. The van der Waals surface area contributed by atoms with E-state index in [1.165, 1.54) is 5.56 Å². The monoisotopic (exact) mass is 458 g/mol. The molecule has 2 atom stereocenters. The maximum atomic E-state index is 11.9. The van der Waals surface area contributed by atoms with Gasteiger partial charge in [0.2, 0.25) is 0 Å². The van der Waals surface area contributed by atoms with Gasteiger partial charge in [-0.25, -0.2) is 0 Å². The molecule has 2 unspecified atom stereocenters. The molecular formula is C27H42N2O4. The third kappa shape index (κ3) is 12.9. The minimum Gasteiger partial charge on any atom is -0.464 e. The lowest BCUT2D eigenvalue weighted by Crippen LogP contribution is -2.37. The minimum absolute atomic E-state index is 0.0257. The molecule has 2 rings (SSSR count). The van der Waals surface area contributed by atoms with Crippen molar-refractivity contribution in [3.05, 3.63) is 71.8 Å². The number of aliphatic hydroxyl groups is 1. The van der Waals surface area contributed by atoms with E-state index in [2.05, 4.69) is 33.0 Å². The first-order valence-corrected chi connectivity index (χ1v) is 11.3. The Morgan fingerprint density at radius 3 is 1.85 bits per heavy atom. The number of nitrogens with two attached hydrogens (primary N) is 1. The number of hydrogen-bond acceptors (Lipinski definition) is 6. The molecular weight excluding hydrogens is 416 g/mol. The van der Waals surface area contributed by atoms with Crippen LogP contribution in [0.25, 0.3) is 0 Å². The Morgan fingerprint density at radius 2 is 1.45 bits per heavy atom. The standard InChI is InChI=1S/C16H25NO2.C10H13NO.CH4O/c1-12(2)16(3,4)11-19-15(18)14(17)10-13-8-6-5-7-9-13;1-11-10(8-12)7-9-5-3-2-4-6-9;1-2/h5-9,12,14H,10-11,17H2,1-4H3;2-6,8,10-11H,7H2,1H3;2H,1H3. The van der Waals surface area contributed by atoms with Crippen LogP contribution in [0.1, 0.15) is 38.8 Å². The first-order valence-electron chi connectivity index (χ1n) is 11.3. The van der Waals surface area contributed by atoms with Gasteiger partial charge in [-0.1, -0.05) is 88.4 Å². The summed E-state index contributed by atoms with van der Waals surface area (Å²) in [5.41, 5.74) is 8.09. The molecule has 33 heavy (non-hydrogen) atoms. The van der Waals surface area contributed by atoms with Crippen molar-refractivity contribution in [3.63, 3.8) is 0 Å². The highest BCUT2D eigenvalue weighted by Crippen LogP contribution is 2.26. The van der Waals surface area contributed by atoms with Gasteiger partial charge in [-0.15, -0.1) is 0 Å². The average Bonchev–Trinajstić information content (AvgIpc) is 2.84. The summed E-state index contributed by atoms with van der Waals surface area (Å²) in [5.74, 6) is 0.128. The number of ether oxygens (including phenoxy) is 1. The van der Waals surface area contributed by atoms with Crippen LogP contribution in [0.15, 0.2) is 60.7 Å². The molecule has 6 nitrogen and oxygen atoms in total. The molecule has 0 spiro atoms. The maximum Gasteiger partial charge on any atom is 0.323 e. The van der Waals surface area contributed by atoms with Crippen LogP contribution in [0.5, 0.6) is 0 Å². The highest BCUT2D eigenvalue weighted by Gasteiger charge is 2.26. The van der Waals surface area contributed by atoms with Crippen molar-refractivity contribution >= 4 is 12.3 Å². The van der Waals surface area contributed by atoms with Crippen molar-refractivity contribution < 1.29 is 19.4 Å². The molecule has 0 amide bonds. The fourth-order valence-corrected chi connectivity index (χ4v) is 2.57. The van der Waals surface area contributed by atoms with Gasteiger partial charge in [-0.05, 0) is 36.9 Å². The van der Waals surface area contributed by atoms with Crippen LogP contribution in [-0.2, 0) is 27.2 Å². The van der Waals surface area contributed by atoms with Crippen LogP contribution >= 0.6 is 0 Å². The van der Waals surface area contributed by atoms with E-state index in [9.17, 15) is 9.59 Å². The lowest BCUT2D eigenvalue weighted by Gasteiger charge is -2.29. The zero-order valence-electron chi connectivity index (χ0n) is 21.0. The fraction of sp³-hybridized carbons (Fsp3) is 0.481. The summed E-state index contributed by atoms with van der Waals surface area (Å²) in [6.07, 6.45) is 2.22. The highest BCUT2D eigenvalue weighted by atomic mass is 16.5. The van der Waals surface area contributed by atoms with Crippen molar-refractivity contribution in [2.24, 2.45) is 17.1 Å². The summed E-state index contributed by atoms with van der Waals surface area (Å²) >= 11 is 0. The Kier molecular flexibility index (Phi) is 15.7. The highest BCUT2D eigenvalue weighted by molar-refractivity contribution is 5.75. The van der Waals surface area contributed by atoms with Gasteiger partial charge >= 0.3 is 5.97 Å². The maximum absolute atomic E-state index is 11.9. The second-order valence-electron chi connectivity index (χ2n) is 8.77. The number of aldehydes is 1. The first kappa shape index (κ1) is 30.5. The van der Waals surface area contributed by atoms with Crippen LogP contribution in [0.2, 0.25) is 0 Å². The fourth-order valence-electron chi connectivity index (χ4n) is 2.57. The number of benzene rings is 2. The Labute approximate surface area is 199 Å². The van der Waals surface area contributed by atoms with E-state index in [4.69, 9.17) is 15.6 Å². The molecule has 0 saturated carbocycles. The number of carbonyl (C=O) groups is 2. The number of likely N-dealkylation sites (N-methyl/N-ethyl adjacent to an activating group) is 1. The van der Waals surface area contributed by atoms with Crippen molar-refractivity contribution in [1.82, 2.24) is 5.32 Å². The quantitative estimate of drug-likeness (QED) is 0.373. The van der Waals surface area contributed by atoms with Crippen LogP contribution in [0, 0.1) is 11.3 Å². The van der Waals surface area contributed by atoms with Gasteiger partial charge in [0.1, 0.15) is 12.3 Å². The summed E-state index contributed by atoms with van der Waals surface area (Å²) in [6.45, 7) is 8.84. The molecule has 0 aromatic heterocycles. The molecule has 0 aliphatic rings. The van der Waals surface area contributed by atoms with Crippen molar-refractivity contribution in [1.29, 1.82) is 0 Å². The lowest BCUT2D eigenvalue weighted by atomic mass is 9.82. The Morgan fingerprint density at radius 1 is 1.00 bits per heavy atom. The average molecular weight is 459 g/mol. The second kappa shape index (κ2) is 17.0. The van der Waals surface area contributed by atoms with E-state index < -0.39 is 6.04 Å². The van der Waals surface area contributed by atoms with Gasteiger partial charge in [0.15, 0.2) is 0 Å². The summed E-state index contributed by atoms with van der Waals surface area (Å²) < 4.78 is 5.34. The SMILES string of the molecule is CC(C)C(C)(C)COC(=O)C(N)Cc1ccccc1.CNC(C=O)Cc1ccccc1.CO. The zero-order chi connectivity index (χ0) is 25.3. The predicted molar refractivity (Wildman–Crippen MR) is 135 cm³/mol. The lowest BCUT2D eigenvalue weighted by molar-refractivity contribution is -0.149. The van der Waals surface area contributed by atoms with Gasteiger partial charge in [0.05, 0.1) is 12.6 Å². The van der Waals surface area contributed by atoms with Crippen LogP contribution in [0.4, 0.5) is 0 Å². The van der Waals surface area contributed by atoms with E-state index in [-0.39, 0.29) is 17.4 Å². The zero-order valence-corrected chi connectivity index (χ0v) is 21.0. The number of aliphatic hydroxyl groups excluding tert-OH is 1. The number of hydrogen-bond donors (Lipinski definition) is 3. The Hall–Kier alpha value is -2.54. The largest absolute Gasteiger partial charge is 0.464 e. The summed E-state index contributed by atoms with van der Waals surface area (Å²) in [4.78, 5) is 22.3. The molecule has 0 saturated heterocycles. The summed E-state index contributed by atoms with van der Waals surface area (Å²) in [5, 5.41) is 9.93. The minimum atomic E-state index is -0.592. The van der Waals surface area contributed by atoms with E-state index in [1.807, 2.05) is 60.7 Å². The molecule has 0 radical (unpaired) electrons. The molecule has 2 aromatic carbocycles. The van der Waals surface area contributed by atoms with Crippen LogP contribution in [-0.4, -0.2) is 50.2 Å². The molecule has 0 aliphatic carbocycles. The van der Waals surface area contributed by atoms with E-state index >= 15 is 0 Å². The number of rotatable bonds is 10. The van der Waals surface area contributed by atoms with Crippen molar-refractivity contribution in [2.45, 2.75) is 52.6 Å². The van der Waals surface area contributed by atoms with Crippen LogP contribution < -0.4 is 11.1 Å². The smallest absolute Gasteiger partial charge is 0.323 e.